The van der Waals surface area contributed by atoms with E-state index in [1.807, 2.05) is 12.1 Å². The molecular weight excluding hydrogens is 433 g/mol. The van der Waals surface area contributed by atoms with Crippen LogP contribution in [0.1, 0.15) is 85.6 Å². The van der Waals surface area contributed by atoms with Crippen molar-refractivity contribution in [2.75, 3.05) is 0 Å². The third-order valence-corrected chi connectivity index (χ3v) is 7.07. The van der Waals surface area contributed by atoms with Gasteiger partial charge in [0.15, 0.2) is 0 Å². The number of hydrogen-bond acceptors (Lipinski definition) is 1. The Balaban J connectivity index is 1.75. The topological polar surface area (TPSA) is 23.8 Å². The van der Waals surface area contributed by atoms with Gasteiger partial charge in [0.05, 0.1) is 12.0 Å². The van der Waals surface area contributed by atoms with Crippen molar-refractivity contribution in [2.24, 2.45) is 0 Å². The van der Waals surface area contributed by atoms with Gasteiger partial charge < -0.3 is 0 Å². The molecule has 3 aromatic carbocycles. The molecule has 0 spiro atoms. The van der Waals surface area contributed by atoms with Crippen LogP contribution >= 0.6 is 23.2 Å². The number of nitriles is 1. The average molecular weight is 464 g/mol. The smallest absolute Gasteiger partial charge is 0.0718 e. The largest absolute Gasteiger partial charge is 0.198 e. The summed E-state index contributed by atoms with van der Waals surface area (Å²) in [4.78, 5) is 0. The van der Waals surface area contributed by atoms with Gasteiger partial charge in [-0.3, -0.25) is 0 Å². The van der Waals surface area contributed by atoms with Gasteiger partial charge in [0.25, 0.3) is 0 Å². The SMILES string of the molecule is CC(C)c1ccc(C(C#N)C[C@H](C)c2cccc(C[C@H](C)c3ccc(Cl)cc3)c2Cl)cc1. The molecule has 0 aliphatic heterocycles. The maximum atomic E-state index is 9.85. The lowest BCUT2D eigenvalue weighted by molar-refractivity contribution is 0.634. The fourth-order valence-electron chi connectivity index (χ4n) is 4.23. The van der Waals surface area contributed by atoms with Crippen molar-refractivity contribution >= 4 is 23.2 Å². The van der Waals surface area contributed by atoms with E-state index in [0.29, 0.717) is 11.8 Å². The summed E-state index contributed by atoms with van der Waals surface area (Å²) >= 11 is 12.9. The first-order chi connectivity index (χ1) is 15.3. The molecule has 0 saturated heterocycles. The predicted molar refractivity (Wildman–Crippen MR) is 137 cm³/mol. The third kappa shape index (κ3) is 5.94. The molecular formula is C29H31Cl2N. The van der Waals surface area contributed by atoms with E-state index in [9.17, 15) is 5.26 Å². The second kappa shape index (κ2) is 11.0. The molecule has 0 N–H and O–H groups in total. The van der Waals surface area contributed by atoms with Crippen molar-refractivity contribution in [3.05, 3.63) is 105 Å². The fourth-order valence-corrected chi connectivity index (χ4v) is 4.75. The van der Waals surface area contributed by atoms with Crippen LogP contribution in [0.5, 0.6) is 0 Å². The van der Waals surface area contributed by atoms with Gasteiger partial charge in [-0.1, -0.05) is 105 Å². The summed E-state index contributed by atoms with van der Waals surface area (Å²) < 4.78 is 0. The molecule has 0 fully saturated rings. The van der Waals surface area contributed by atoms with Gasteiger partial charge in [-0.25, -0.2) is 0 Å². The van der Waals surface area contributed by atoms with Crippen molar-refractivity contribution in [3.63, 3.8) is 0 Å². The lowest BCUT2D eigenvalue weighted by atomic mass is 9.85. The minimum absolute atomic E-state index is 0.154. The monoisotopic (exact) mass is 463 g/mol. The highest BCUT2D eigenvalue weighted by atomic mass is 35.5. The molecule has 3 rings (SSSR count). The normalized spacial score (nSPS) is 14.1. The lowest BCUT2D eigenvalue weighted by Gasteiger charge is -2.20. The molecule has 3 aromatic rings. The lowest BCUT2D eigenvalue weighted by Crippen LogP contribution is -2.06. The van der Waals surface area contributed by atoms with E-state index in [0.717, 1.165) is 39.6 Å². The summed E-state index contributed by atoms with van der Waals surface area (Å²) in [5.74, 6) is 0.851. The molecule has 3 atom stereocenters. The highest BCUT2D eigenvalue weighted by molar-refractivity contribution is 6.32. The van der Waals surface area contributed by atoms with E-state index in [-0.39, 0.29) is 11.8 Å². The predicted octanol–water partition coefficient (Wildman–Crippen LogP) is 9.26. The number of halogens is 2. The Morgan fingerprint density at radius 3 is 1.94 bits per heavy atom. The van der Waals surface area contributed by atoms with Gasteiger partial charge >= 0.3 is 0 Å². The Morgan fingerprint density at radius 1 is 0.750 bits per heavy atom. The van der Waals surface area contributed by atoms with Crippen LogP contribution in [0, 0.1) is 11.3 Å². The quantitative estimate of drug-likeness (QED) is 0.326. The van der Waals surface area contributed by atoms with E-state index in [1.165, 1.54) is 11.1 Å². The zero-order chi connectivity index (χ0) is 23.3. The van der Waals surface area contributed by atoms with Crippen LogP contribution < -0.4 is 0 Å². The molecule has 0 aliphatic carbocycles. The highest BCUT2D eigenvalue weighted by Gasteiger charge is 2.20. The minimum Gasteiger partial charge on any atom is -0.198 e. The third-order valence-electron chi connectivity index (χ3n) is 6.36. The summed E-state index contributed by atoms with van der Waals surface area (Å²) in [6.07, 6.45) is 1.60. The van der Waals surface area contributed by atoms with Crippen LogP contribution in [0.4, 0.5) is 0 Å². The standard InChI is InChI=1S/C29H31Cl2N/c1-19(2)22-8-10-24(11-9-22)26(18-32)17-21(4)28-7-5-6-25(29(28)31)16-20(3)23-12-14-27(30)15-13-23/h5-15,19-21,26H,16-17H2,1-4H3/t20-,21-,26?/m0/s1. The Labute approximate surface area is 203 Å². The summed E-state index contributed by atoms with van der Waals surface area (Å²) in [6.45, 7) is 8.74. The minimum atomic E-state index is -0.154. The van der Waals surface area contributed by atoms with Crippen LogP contribution in [0.2, 0.25) is 10.0 Å². The first-order valence-electron chi connectivity index (χ1n) is 11.3. The van der Waals surface area contributed by atoms with Crippen LogP contribution in [0.3, 0.4) is 0 Å². The first-order valence-corrected chi connectivity index (χ1v) is 12.1. The Morgan fingerprint density at radius 2 is 1.34 bits per heavy atom. The van der Waals surface area contributed by atoms with Gasteiger partial charge in [-0.15, -0.1) is 0 Å². The van der Waals surface area contributed by atoms with Gasteiger partial charge in [-0.2, -0.15) is 5.26 Å². The summed E-state index contributed by atoms with van der Waals surface area (Å²) in [5, 5.41) is 11.4. The molecule has 1 unspecified atom stereocenters. The van der Waals surface area contributed by atoms with Crippen molar-refractivity contribution in [2.45, 2.75) is 64.2 Å². The zero-order valence-electron chi connectivity index (χ0n) is 19.3. The van der Waals surface area contributed by atoms with Crippen LogP contribution in [-0.2, 0) is 6.42 Å². The highest BCUT2D eigenvalue weighted by Crippen LogP contribution is 2.36. The second-order valence-electron chi connectivity index (χ2n) is 9.12. The summed E-state index contributed by atoms with van der Waals surface area (Å²) in [5.41, 5.74) is 5.88. The maximum Gasteiger partial charge on any atom is 0.0718 e. The zero-order valence-corrected chi connectivity index (χ0v) is 20.8. The van der Waals surface area contributed by atoms with Crippen molar-refractivity contribution < 1.29 is 0 Å². The first kappa shape index (κ1) is 24.4. The van der Waals surface area contributed by atoms with E-state index < -0.39 is 0 Å². The molecule has 0 aliphatic rings. The molecule has 0 saturated carbocycles. The molecule has 0 bridgehead atoms. The van der Waals surface area contributed by atoms with E-state index in [1.54, 1.807) is 0 Å². The van der Waals surface area contributed by atoms with Crippen molar-refractivity contribution in [3.8, 4) is 6.07 Å². The number of benzene rings is 3. The van der Waals surface area contributed by atoms with E-state index in [2.05, 4.69) is 88.4 Å². The molecule has 0 heterocycles. The number of hydrogen-bond donors (Lipinski definition) is 0. The van der Waals surface area contributed by atoms with Crippen molar-refractivity contribution in [1.29, 1.82) is 5.26 Å². The van der Waals surface area contributed by atoms with Gasteiger partial charge in [0, 0.05) is 10.0 Å². The molecule has 0 amide bonds. The molecule has 0 aromatic heterocycles. The number of nitrogens with zero attached hydrogens (tertiary/aromatic N) is 1. The Bertz CT molecular complexity index is 1060. The summed E-state index contributed by atoms with van der Waals surface area (Å²) in [6, 6.07) is 25.3. The molecule has 32 heavy (non-hydrogen) atoms. The summed E-state index contributed by atoms with van der Waals surface area (Å²) in [7, 11) is 0. The second-order valence-corrected chi connectivity index (χ2v) is 9.93. The van der Waals surface area contributed by atoms with E-state index >= 15 is 0 Å². The number of rotatable bonds is 8. The van der Waals surface area contributed by atoms with Gasteiger partial charge in [0.2, 0.25) is 0 Å². The van der Waals surface area contributed by atoms with Crippen LogP contribution in [0.15, 0.2) is 66.7 Å². The molecule has 0 radical (unpaired) electrons. The van der Waals surface area contributed by atoms with Crippen molar-refractivity contribution in [1.82, 2.24) is 0 Å². The molecule has 1 nitrogen and oxygen atoms in total. The van der Waals surface area contributed by atoms with Crippen LogP contribution in [-0.4, -0.2) is 0 Å². The van der Waals surface area contributed by atoms with Crippen LogP contribution in [0.25, 0.3) is 0 Å². The van der Waals surface area contributed by atoms with Gasteiger partial charge in [-0.05, 0) is 70.5 Å². The fraction of sp³-hybridized carbons (Fsp3) is 0.345. The maximum absolute atomic E-state index is 9.85. The Kier molecular flexibility index (Phi) is 8.41. The molecule has 3 heteroatoms. The molecule has 166 valence electrons. The average Bonchev–Trinajstić information content (AvgIpc) is 2.79. The van der Waals surface area contributed by atoms with Gasteiger partial charge in [0.1, 0.15) is 0 Å². The Hall–Kier alpha value is -2.27. The van der Waals surface area contributed by atoms with E-state index in [4.69, 9.17) is 23.2 Å².